The zero-order valence-electron chi connectivity index (χ0n) is 10.3. The maximum Gasteiger partial charge on any atom is 0.306 e. The first kappa shape index (κ1) is 12.6. The minimum atomic E-state index is -0.0286. The molecular formula is C13H19NO2S. The van der Waals surface area contributed by atoms with Gasteiger partial charge in [-0.3, -0.25) is 4.79 Å². The first-order valence-electron chi connectivity index (χ1n) is 6.30. The van der Waals surface area contributed by atoms with E-state index in [2.05, 4.69) is 4.98 Å². The third-order valence-electron chi connectivity index (χ3n) is 3.37. The molecule has 17 heavy (non-hydrogen) atoms. The molecule has 0 unspecified atom stereocenters. The second-order valence-corrected chi connectivity index (χ2v) is 5.63. The Morgan fingerprint density at radius 2 is 2.29 bits per heavy atom. The fraction of sp³-hybridized carbons (Fsp3) is 0.692. The van der Waals surface area contributed by atoms with Gasteiger partial charge in [-0.1, -0.05) is 12.8 Å². The van der Waals surface area contributed by atoms with Crippen molar-refractivity contribution in [1.82, 2.24) is 4.98 Å². The summed E-state index contributed by atoms with van der Waals surface area (Å²) in [5.74, 6) is 0.548. The minimum Gasteiger partial charge on any atom is -0.465 e. The van der Waals surface area contributed by atoms with Gasteiger partial charge in [-0.25, -0.2) is 4.98 Å². The predicted molar refractivity (Wildman–Crippen MR) is 68.1 cm³/mol. The Kier molecular flexibility index (Phi) is 4.54. The SMILES string of the molecule is Cc1ncsc1CCOC(=O)CC1CCCC1. The number of carbonyl (C=O) groups is 1. The molecule has 1 heterocycles. The number of nitrogens with zero attached hydrogens (tertiary/aromatic N) is 1. The third-order valence-corrected chi connectivity index (χ3v) is 4.36. The number of ether oxygens (including phenoxy) is 1. The number of carbonyl (C=O) groups excluding carboxylic acids is 1. The molecular weight excluding hydrogens is 234 g/mol. The first-order chi connectivity index (χ1) is 8.25. The van der Waals surface area contributed by atoms with E-state index in [1.54, 1.807) is 11.3 Å². The van der Waals surface area contributed by atoms with Gasteiger partial charge in [0.25, 0.3) is 0 Å². The zero-order valence-corrected chi connectivity index (χ0v) is 11.1. The van der Waals surface area contributed by atoms with Gasteiger partial charge < -0.3 is 4.74 Å². The molecule has 0 saturated heterocycles. The van der Waals surface area contributed by atoms with Crippen LogP contribution in [-0.4, -0.2) is 17.6 Å². The Morgan fingerprint density at radius 1 is 1.53 bits per heavy atom. The molecule has 1 fully saturated rings. The monoisotopic (exact) mass is 253 g/mol. The van der Waals surface area contributed by atoms with Crippen LogP contribution < -0.4 is 0 Å². The molecule has 4 heteroatoms. The van der Waals surface area contributed by atoms with Crippen LogP contribution in [0.15, 0.2) is 5.51 Å². The lowest BCUT2D eigenvalue weighted by atomic mass is 10.0. The number of thiazole rings is 1. The Hall–Kier alpha value is -0.900. The van der Waals surface area contributed by atoms with Crippen molar-refractivity contribution in [2.24, 2.45) is 5.92 Å². The summed E-state index contributed by atoms with van der Waals surface area (Å²) >= 11 is 1.63. The van der Waals surface area contributed by atoms with E-state index in [1.165, 1.54) is 30.6 Å². The molecule has 1 aliphatic carbocycles. The Labute approximate surface area is 106 Å². The summed E-state index contributed by atoms with van der Waals surface area (Å²) in [5, 5.41) is 0. The van der Waals surface area contributed by atoms with Crippen molar-refractivity contribution < 1.29 is 9.53 Å². The van der Waals surface area contributed by atoms with E-state index in [-0.39, 0.29) is 5.97 Å². The normalized spacial score (nSPS) is 16.3. The summed E-state index contributed by atoms with van der Waals surface area (Å²) in [5.41, 5.74) is 2.90. The summed E-state index contributed by atoms with van der Waals surface area (Å²) < 4.78 is 5.27. The maximum absolute atomic E-state index is 11.6. The van der Waals surface area contributed by atoms with E-state index in [9.17, 15) is 4.79 Å². The van der Waals surface area contributed by atoms with E-state index >= 15 is 0 Å². The lowest BCUT2D eigenvalue weighted by Gasteiger charge is -2.08. The smallest absolute Gasteiger partial charge is 0.306 e. The molecule has 3 nitrogen and oxygen atoms in total. The molecule has 0 aromatic carbocycles. The summed E-state index contributed by atoms with van der Waals surface area (Å²) in [7, 11) is 0. The zero-order chi connectivity index (χ0) is 12.1. The molecule has 1 saturated carbocycles. The van der Waals surface area contributed by atoms with Crippen molar-refractivity contribution in [2.45, 2.75) is 45.4 Å². The Balaban J connectivity index is 1.64. The highest BCUT2D eigenvalue weighted by Crippen LogP contribution is 2.27. The highest BCUT2D eigenvalue weighted by Gasteiger charge is 2.19. The first-order valence-corrected chi connectivity index (χ1v) is 7.18. The second kappa shape index (κ2) is 6.15. The van der Waals surface area contributed by atoms with Gasteiger partial charge in [0.1, 0.15) is 0 Å². The van der Waals surface area contributed by atoms with Gasteiger partial charge in [0.05, 0.1) is 17.8 Å². The van der Waals surface area contributed by atoms with Crippen molar-refractivity contribution >= 4 is 17.3 Å². The van der Waals surface area contributed by atoms with E-state index in [1.807, 2.05) is 12.4 Å². The maximum atomic E-state index is 11.6. The molecule has 0 spiro atoms. The molecule has 0 bridgehead atoms. The average Bonchev–Trinajstić information content (AvgIpc) is 2.91. The number of aryl methyl sites for hydroxylation is 1. The lowest BCUT2D eigenvalue weighted by molar-refractivity contribution is -0.144. The number of esters is 1. The van der Waals surface area contributed by atoms with E-state index < -0.39 is 0 Å². The van der Waals surface area contributed by atoms with Gasteiger partial charge in [-0.15, -0.1) is 11.3 Å². The molecule has 2 rings (SSSR count). The van der Waals surface area contributed by atoms with Crippen LogP contribution in [0.2, 0.25) is 0 Å². The standard InChI is InChI=1S/C13H19NO2S/c1-10-12(17-9-14-10)6-7-16-13(15)8-11-4-2-3-5-11/h9,11H,2-8H2,1H3. The van der Waals surface area contributed by atoms with E-state index in [4.69, 9.17) is 4.74 Å². The van der Waals surface area contributed by atoms with Crippen LogP contribution in [0.1, 0.15) is 42.7 Å². The second-order valence-electron chi connectivity index (χ2n) is 4.69. The summed E-state index contributed by atoms with van der Waals surface area (Å²) in [6.07, 6.45) is 6.36. The molecule has 0 aliphatic heterocycles. The molecule has 94 valence electrons. The van der Waals surface area contributed by atoms with E-state index in [0.29, 0.717) is 18.9 Å². The highest BCUT2D eigenvalue weighted by molar-refractivity contribution is 7.09. The van der Waals surface area contributed by atoms with Crippen LogP contribution in [0.3, 0.4) is 0 Å². The topological polar surface area (TPSA) is 39.2 Å². The molecule has 0 atom stereocenters. The summed E-state index contributed by atoms with van der Waals surface area (Å²) in [4.78, 5) is 17.0. The van der Waals surface area contributed by atoms with Crippen LogP contribution in [0.4, 0.5) is 0 Å². The number of hydrogen-bond donors (Lipinski definition) is 0. The third kappa shape index (κ3) is 3.80. The number of rotatable bonds is 5. The van der Waals surface area contributed by atoms with Crippen molar-refractivity contribution in [3.63, 3.8) is 0 Å². The van der Waals surface area contributed by atoms with Crippen molar-refractivity contribution in [1.29, 1.82) is 0 Å². The quantitative estimate of drug-likeness (QED) is 0.757. The van der Waals surface area contributed by atoms with Crippen molar-refractivity contribution in [2.75, 3.05) is 6.61 Å². The van der Waals surface area contributed by atoms with Gasteiger partial charge >= 0.3 is 5.97 Å². The van der Waals surface area contributed by atoms with E-state index in [0.717, 1.165) is 12.1 Å². The van der Waals surface area contributed by atoms with Crippen LogP contribution in [0.25, 0.3) is 0 Å². The molecule has 0 amide bonds. The van der Waals surface area contributed by atoms with Gasteiger partial charge in [-0.2, -0.15) is 0 Å². The fourth-order valence-electron chi connectivity index (χ4n) is 2.33. The molecule has 1 aliphatic rings. The molecule has 0 radical (unpaired) electrons. The van der Waals surface area contributed by atoms with Crippen LogP contribution >= 0.6 is 11.3 Å². The summed E-state index contributed by atoms with van der Waals surface area (Å²) in [6.45, 7) is 2.49. The number of hydrogen-bond acceptors (Lipinski definition) is 4. The minimum absolute atomic E-state index is 0.0286. The van der Waals surface area contributed by atoms with Gasteiger partial charge in [0, 0.05) is 17.7 Å². The summed E-state index contributed by atoms with van der Waals surface area (Å²) in [6, 6.07) is 0. The predicted octanol–water partition coefficient (Wildman–Crippen LogP) is 3.12. The van der Waals surface area contributed by atoms with Crippen LogP contribution in [0.5, 0.6) is 0 Å². The van der Waals surface area contributed by atoms with Crippen LogP contribution in [-0.2, 0) is 16.0 Å². The highest BCUT2D eigenvalue weighted by atomic mass is 32.1. The lowest BCUT2D eigenvalue weighted by Crippen LogP contribution is -2.11. The molecule has 1 aromatic heterocycles. The number of aromatic nitrogens is 1. The van der Waals surface area contributed by atoms with Gasteiger partial charge in [-0.05, 0) is 25.7 Å². The Morgan fingerprint density at radius 3 is 2.94 bits per heavy atom. The fourth-order valence-corrected chi connectivity index (χ4v) is 3.10. The van der Waals surface area contributed by atoms with Crippen LogP contribution in [0, 0.1) is 12.8 Å². The average molecular weight is 253 g/mol. The van der Waals surface area contributed by atoms with Gasteiger partial charge in [0.15, 0.2) is 0 Å². The largest absolute Gasteiger partial charge is 0.465 e. The molecule has 0 N–H and O–H groups in total. The molecule has 1 aromatic rings. The van der Waals surface area contributed by atoms with Gasteiger partial charge in [0.2, 0.25) is 0 Å². The Bertz CT molecular complexity index is 369. The van der Waals surface area contributed by atoms with Crippen molar-refractivity contribution in [3.8, 4) is 0 Å². The van der Waals surface area contributed by atoms with Crippen molar-refractivity contribution in [3.05, 3.63) is 16.1 Å².